The minimum atomic E-state index is -0.976. The smallest absolute Gasteiger partial charge is 0.356 e. The summed E-state index contributed by atoms with van der Waals surface area (Å²) in [5.74, 6) is -0.145. The number of rotatable bonds is 2. The number of carboxylic acid groups (broad SMARTS) is 1. The molecule has 0 bridgehead atoms. The fourth-order valence-corrected chi connectivity index (χ4v) is 2.17. The van der Waals surface area contributed by atoms with Crippen molar-refractivity contribution in [3.63, 3.8) is 0 Å². The Balaban J connectivity index is 2.58. The quantitative estimate of drug-likeness (QED) is 0.759. The first kappa shape index (κ1) is 10.2. The maximum absolute atomic E-state index is 11.0. The Labute approximate surface area is 87.9 Å². The van der Waals surface area contributed by atoms with Crippen LogP contribution in [0.2, 0.25) is 0 Å². The molecule has 5 nitrogen and oxygen atoms in total. The van der Waals surface area contributed by atoms with Gasteiger partial charge in [0, 0.05) is 19.0 Å². The Kier molecular flexibility index (Phi) is 2.48. The second kappa shape index (κ2) is 3.66. The van der Waals surface area contributed by atoms with Gasteiger partial charge < -0.3 is 15.4 Å². The van der Waals surface area contributed by atoms with Crippen LogP contribution in [-0.2, 0) is 13.0 Å². The van der Waals surface area contributed by atoms with Crippen molar-refractivity contribution in [3.8, 4) is 0 Å². The van der Waals surface area contributed by atoms with E-state index in [0.29, 0.717) is 5.69 Å². The molecule has 0 spiro atoms. The van der Waals surface area contributed by atoms with E-state index in [1.54, 1.807) is 0 Å². The van der Waals surface area contributed by atoms with Crippen LogP contribution in [0.3, 0.4) is 0 Å². The Morgan fingerprint density at radius 3 is 3.07 bits per heavy atom. The molecule has 1 aromatic heterocycles. The molecule has 1 aromatic rings. The standard InChI is InChI=1S/C10H15N3O2/c1-2-7-12-8(10(14)15)9-6(11)4-3-5-13(7)9/h6H,2-5,11H2,1H3,(H,14,15). The molecular weight excluding hydrogens is 194 g/mol. The van der Waals surface area contributed by atoms with E-state index in [4.69, 9.17) is 10.8 Å². The highest BCUT2D eigenvalue weighted by atomic mass is 16.4. The summed E-state index contributed by atoms with van der Waals surface area (Å²) in [5.41, 5.74) is 6.77. The van der Waals surface area contributed by atoms with Crippen LogP contribution in [0.1, 0.15) is 47.8 Å². The van der Waals surface area contributed by atoms with Crippen LogP contribution < -0.4 is 5.73 Å². The fourth-order valence-electron chi connectivity index (χ4n) is 2.17. The van der Waals surface area contributed by atoms with Gasteiger partial charge in [-0.1, -0.05) is 6.92 Å². The normalized spacial score (nSPS) is 20.0. The van der Waals surface area contributed by atoms with Gasteiger partial charge in [-0.05, 0) is 12.8 Å². The molecular formula is C10H15N3O2. The van der Waals surface area contributed by atoms with Crippen molar-refractivity contribution in [2.45, 2.75) is 38.8 Å². The largest absolute Gasteiger partial charge is 0.476 e. The van der Waals surface area contributed by atoms with E-state index in [9.17, 15) is 4.79 Å². The summed E-state index contributed by atoms with van der Waals surface area (Å²) >= 11 is 0. The average Bonchev–Trinajstić information content (AvgIpc) is 2.58. The zero-order valence-corrected chi connectivity index (χ0v) is 8.73. The number of nitrogens with two attached hydrogens (primary N) is 1. The summed E-state index contributed by atoms with van der Waals surface area (Å²) in [7, 11) is 0. The van der Waals surface area contributed by atoms with Gasteiger partial charge in [0.25, 0.3) is 0 Å². The molecule has 0 amide bonds. The number of hydrogen-bond acceptors (Lipinski definition) is 3. The van der Waals surface area contributed by atoms with Crippen molar-refractivity contribution in [3.05, 3.63) is 17.2 Å². The molecule has 0 fully saturated rings. The molecule has 0 saturated heterocycles. The van der Waals surface area contributed by atoms with E-state index in [-0.39, 0.29) is 11.7 Å². The lowest BCUT2D eigenvalue weighted by Gasteiger charge is -2.22. The first-order valence-corrected chi connectivity index (χ1v) is 5.23. The fraction of sp³-hybridized carbons (Fsp3) is 0.600. The molecule has 15 heavy (non-hydrogen) atoms. The highest BCUT2D eigenvalue weighted by Crippen LogP contribution is 2.27. The Morgan fingerprint density at radius 2 is 2.47 bits per heavy atom. The number of fused-ring (bicyclic) bond motifs is 1. The average molecular weight is 209 g/mol. The molecule has 0 aliphatic carbocycles. The number of aromatic nitrogens is 2. The van der Waals surface area contributed by atoms with Crippen molar-refractivity contribution >= 4 is 5.97 Å². The second-order valence-corrected chi connectivity index (χ2v) is 3.82. The van der Waals surface area contributed by atoms with Crippen LogP contribution in [0.25, 0.3) is 0 Å². The van der Waals surface area contributed by atoms with Gasteiger partial charge in [0.2, 0.25) is 0 Å². The van der Waals surface area contributed by atoms with Crippen LogP contribution >= 0.6 is 0 Å². The maximum Gasteiger partial charge on any atom is 0.356 e. The lowest BCUT2D eigenvalue weighted by Crippen LogP contribution is -2.24. The van der Waals surface area contributed by atoms with E-state index >= 15 is 0 Å². The molecule has 0 aromatic carbocycles. The Bertz CT molecular complexity index is 398. The maximum atomic E-state index is 11.0. The Morgan fingerprint density at radius 1 is 1.73 bits per heavy atom. The molecule has 1 aliphatic heterocycles. The predicted octanol–water partition coefficient (Wildman–Crippen LogP) is 0.937. The number of hydrogen-bond donors (Lipinski definition) is 2. The SMILES string of the molecule is CCc1nc(C(=O)O)c2n1CCCC2N. The zero-order valence-electron chi connectivity index (χ0n) is 8.73. The molecule has 3 N–H and O–H groups in total. The van der Waals surface area contributed by atoms with Crippen LogP contribution in [-0.4, -0.2) is 20.6 Å². The van der Waals surface area contributed by atoms with Crippen LogP contribution in [0.4, 0.5) is 0 Å². The van der Waals surface area contributed by atoms with Gasteiger partial charge in [0.1, 0.15) is 5.82 Å². The first-order valence-electron chi connectivity index (χ1n) is 5.23. The van der Waals surface area contributed by atoms with Gasteiger partial charge in [-0.15, -0.1) is 0 Å². The van der Waals surface area contributed by atoms with Gasteiger partial charge >= 0.3 is 5.97 Å². The molecule has 5 heteroatoms. The minimum absolute atomic E-state index is 0.138. The monoisotopic (exact) mass is 209 g/mol. The van der Waals surface area contributed by atoms with Crippen molar-refractivity contribution in [2.75, 3.05) is 0 Å². The number of nitrogens with zero attached hydrogens (tertiary/aromatic N) is 2. The number of aryl methyl sites for hydroxylation is 1. The van der Waals surface area contributed by atoms with Crippen LogP contribution in [0, 0.1) is 0 Å². The summed E-state index contributed by atoms with van der Waals surface area (Å²) in [6.45, 7) is 2.81. The minimum Gasteiger partial charge on any atom is -0.476 e. The van der Waals surface area contributed by atoms with E-state index < -0.39 is 5.97 Å². The topological polar surface area (TPSA) is 81.1 Å². The van der Waals surface area contributed by atoms with E-state index in [0.717, 1.165) is 31.6 Å². The number of carboxylic acids is 1. The third-order valence-electron chi connectivity index (χ3n) is 2.85. The second-order valence-electron chi connectivity index (χ2n) is 3.82. The van der Waals surface area contributed by atoms with Crippen molar-refractivity contribution in [2.24, 2.45) is 5.73 Å². The molecule has 82 valence electrons. The summed E-state index contributed by atoms with van der Waals surface area (Å²) in [4.78, 5) is 15.2. The third-order valence-corrected chi connectivity index (χ3v) is 2.85. The molecule has 1 atom stereocenters. The van der Waals surface area contributed by atoms with Crippen molar-refractivity contribution in [1.82, 2.24) is 9.55 Å². The molecule has 0 saturated carbocycles. The highest BCUT2D eigenvalue weighted by molar-refractivity contribution is 5.87. The van der Waals surface area contributed by atoms with Gasteiger partial charge in [-0.25, -0.2) is 9.78 Å². The van der Waals surface area contributed by atoms with Crippen molar-refractivity contribution < 1.29 is 9.90 Å². The van der Waals surface area contributed by atoms with Gasteiger partial charge in [0.05, 0.1) is 5.69 Å². The number of aromatic carboxylic acids is 1. The van der Waals surface area contributed by atoms with Gasteiger partial charge in [-0.3, -0.25) is 0 Å². The molecule has 1 unspecified atom stereocenters. The van der Waals surface area contributed by atoms with Crippen molar-refractivity contribution in [1.29, 1.82) is 0 Å². The van der Waals surface area contributed by atoms with E-state index in [1.807, 2.05) is 11.5 Å². The zero-order chi connectivity index (χ0) is 11.0. The highest BCUT2D eigenvalue weighted by Gasteiger charge is 2.27. The molecule has 2 rings (SSSR count). The summed E-state index contributed by atoms with van der Waals surface area (Å²) in [6.07, 6.45) is 2.58. The lowest BCUT2D eigenvalue weighted by atomic mass is 10.0. The number of carbonyl (C=O) groups is 1. The van der Waals surface area contributed by atoms with Crippen LogP contribution in [0.5, 0.6) is 0 Å². The van der Waals surface area contributed by atoms with E-state index in [2.05, 4.69) is 4.98 Å². The Hall–Kier alpha value is -1.36. The van der Waals surface area contributed by atoms with E-state index in [1.165, 1.54) is 0 Å². The van der Waals surface area contributed by atoms with Gasteiger partial charge in [-0.2, -0.15) is 0 Å². The molecule has 2 heterocycles. The summed E-state index contributed by atoms with van der Waals surface area (Å²) in [6, 6.07) is -0.183. The van der Waals surface area contributed by atoms with Gasteiger partial charge in [0.15, 0.2) is 5.69 Å². The predicted molar refractivity (Wildman–Crippen MR) is 54.7 cm³/mol. The molecule has 1 aliphatic rings. The summed E-state index contributed by atoms with van der Waals surface area (Å²) < 4.78 is 1.97. The third kappa shape index (κ3) is 1.52. The number of imidazole rings is 1. The van der Waals surface area contributed by atoms with Crippen LogP contribution in [0.15, 0.2) is 0 Å². The first-order chi connectivity index (χ1) is 7.15. The lowest BCUT2D eigenvalue weighted by molar-refractivity contribution is 0.0688. The molecule has 0 radical (unpaired) electrons. The summed E-state index contributed by atoms with van der Waals surface area (Å²) in [5, 5.41) is 9.04.